The number of carbonyl (C=O) groups is 2. The summed E-state index contributed by atoms with van der Waals surface area (Å²) >= 11 is 1.45. The van der Waals surface area contributed by atoms with Crippen LogP contribution in [0.4, 0.5) is 5.69 Å². The molecule has 16 heavy (non-hydrogen) atoms. The van der Waals surface area contributed by atoms with Crippen LogP contribution >= 0.6 is 11.8 Å². The monoisotopic (exact) mass is 242 g/mol. The normalized spacial score (nSPS) is 9.88. The maximum Gasteiger partial charge on any atom is 0.241 e. The largest absolute Gasteiger partial charge is 0.358 e. The lowest BCUT2D eigenvalue weighted by Gasteiger charge is -2.00. The molecule has 6 nitrogen and oxygen atoms in total. The Hall–Kier alpha value is -1.50. The molecule has 0 unspecified atom stereocenters. The average Bonchev–Trinajstić information content (AvgIpc) is 2.65. The maximum absolute atomic E-state index is 11.3. The molecule has 1 rings (SSSR count). The Morgan fingerprint density at radius 1 is 1.50 bits per heavy atom. The lowest BCUT2D eigenvalue weighted by molar-refractivity contribution is -0.121. The van der Waals surface area contributed by atoms with Crippen molar-refractivity contribution in [2.75, 3.05) is 24.4 Å². The van der Waals surface area contributed by atoms with Gasteiger partial charge in [0.15, 0.2) is 0 Å². The first-order chi connectivity index (χ1) is 7.65. The molecule has 1 aromatic heterocycles. The van der Waals surface area contributed by atoms with E-state index in [1.165, 1.54) is 22.6 Å². The van der Waals surface area contributed by atoms with Crippen molar-refractivity contribution < 1.29 is 9.59 Å². The molecule has 0 spiro atoms. The summed E-state index contributed by atoms with van der Waals surface area (Å²) < 4.78 is 1.47. The summed E-state index contributed by atoms with van der Waals surface area (Å²) in [6, 6.07) is 0. The lowest BCUT2D eigenvalue weighted by Crippen LogP contribution is -2.23. The molecule has 7 heteroatoms. The Balaban J connectivity index is 2.51. The summed E-state index contributed by atoms with van der Waals surface area (Å²) in [5, 5.41) is 9.12. The molecule has 0 aliphatic rings. The van der Waals surface area contributed by atoms with Crippen LogP contribution < -0.4 is 10.6 Å². The van der Waals surface area contributed by atoms with Gasteiger partial charge in [-0.15, -0.1) is 0 Å². The molecular formula is C9H14N4O2S. The number of hydrogen-bond acceptors (Lipinski definition) is 4. The van der Waals surface area contributed by atoms with E-state index < -0.39 is 0 Å². The van der Waals surface area contributed by atoms with E-state index in [0.717, 1.165) is 0 Å². The number of carbonyl (C=O) groups excluding carboxylic acids is 2. The second kappa shape index (κ2) is 6.16. The van der Waals surface area contributed by atoms with Crippen molar-refractivity contribution in [2.45, 2.75) is 6.54 Å². The first-order valence-corrected chi connectivity index (χ1v) is 6.07. The molecular weight excluding hydrogens is 228 g/mol. The fourth-order valence-electron chi connectivity index (χ4n) is 1.07. The molecule has 0 atom stereocenters. The molecule has 0 aliphatic heterocycles. The lowest BCUT2D eigenvalue weighted by atomic mass is 10.5. The molecule has 0 radical (unpaired) electrons. The zero-order valence-corrected chi connectivity index (χ0v) is 10.0. The fourth-order valence-corrected chi connectivity index (χ4v) is 1.40. The molecule has 0 aliphatic carbocycles. The van der Waals surface area contributed by atoms with Crippen molar-refractivity contribution >= 4 is 29.3 Å². The highest BCUT2D eigenvalue weighted by atomic mass is 32.2. The molecule has 88 valence electrons. The van der Waals surface area contributed by atoms with Crippen LogP contribution in [0.1, 0.15) is 0 Å². The highest BCUT2D eigenvalue weighted by Crippen LogP contribution is 2.05. The van der Waals surface area contributed by atoms with E-state index in [0.29, 0.717) is 11.4 Å². The van der Waals surface area contributed by atoms with Crippen molar-refractivity contribution in [3.63, 3.8) is 0 Å². The van der Waals surface area contributed by atoms with Crippen LogP contribution in [0, 0.1) is 0 Å². The van der Waals surface area contributed by atoms with Gasteiger partial charge in [-0.1, -0.05) is 0 Å². The first-order valence-electron chi connectivity index (χ1n) is 4.67. The van der Waals surface area contributed by atoms with Crippen LogP contribution in [0.25, 0.3) is 0 Å². The van der Waals surface area contributed by atoms with Crippen molar-refractivity contribution in [2.24, 2.45) is 0 Å². The third-order valence-corrected chi connectivity index (χ3v) is 2.33. The van der Waals surface area contributed by atoms with E-state index in [2.05, 4.69) is 15.7 Å². The number of anilines is 1. The first kappa shape index (κ1) is 12.6. The summed E-state index contributed by atoms with van der Waals surface area (Å²) in [5.74, 6) is 0.192. The maximum atomic E-state index is 11.3. The summed E-state index contributed by atoms with van der Waals surface area (Å²) in [6.45, 7) is 0.148. The van der Waals surface area contributed by atoms with Crippen molar-refractivity contribution in [3.8, 4) is 0 Å². The van der Waals surface area contributed by atoms with Crippen LogP contribution in [0.5, 0.6) is 0 Å². The highest BCUT2D eigenvalue weighted by molar-refractivity contribution is 7.99. The number of aromatic nitrogens is 2. The summed E-state index contributed by atoms with van der Waals surface area (Å²) in [7, 11) is 1.56. The van der Waals surface area contributed by atoms with E-state index in [4.69, 9.17) is 0 Å². The number of nitrogens with zero attached hydrogens (tertiary/aromatic N) is 2. The fraction of sp³-hybridized carbons (Fsp3) is 0.444. The number of thioether (sulfide) groups is 1. The van der Waals surface area contributed by atoms with Gasteiger partial charge in [0.05, 0.1) is 17.6 Å². The predicted octanol–water partition coefficient (Wildman–Crippen LogP) is -0.0694. The van der Waals surface area contributed by atoms with Gasteiger partial charge in [-0.25, -0.2) is 0 Å². The minimum Gasteiger partial charge on any atom is -0.358 e. The molecule has 1 heterocycles. The van der Waals surface area contributed by atoms with Gasteiger partial charge >= 0.3 is 0 Å². The van der Waals surface area contributed by atoms with Gasteiger partial charge in [0, 0.05) is 13.2 Å². The molecule has 0 fully saturated rings. The van der Waals surface area contributed by atoms with E-state index in [1.54, 1.807) is 13.2 Å². The Kier molecular flexibility index (Phi) is 4.84. The second-order valence-corrected chi connectivity index (χ2v) is 3.95. The number of nitrogens with one attached hydrogen (secondary N) is 2. The molecule has 0 saturated carbocycles. The van der Waals surface area contributed by atoms with Gasteiger partial charge in [-0.3, -0.25) is 14.3 Å². The molecule has 0 saturated heterocycles. The van der Waals surface area contributed by atoms with Crippen LogP contribution in [0.15, 0.2) is 12.4 Å². The third kappa shape index (κ3) is 3.93. The Morgan fingerprint density at radius 2 is 2.25 bits per heavy atom. The third-order valence-electron chi connectivity index (χ3n) is 1.78. The van der Waals surface area contributed by atoms with Crippen LogP contribution in [-0.2, 0) is 16.1 Å². The second-order valence-electron chi connectivity index (χ2n) is 3.08. The number of hydrogen-bond donors (Lipinski definition) is 2. The Morgan fingerprint density at radius 3 is 2.88 bits per heavy atom. The van der Waals surface area contributed by atoms with Gasteiger partial charge in [0.1, 0.15) is 6.54 Å². The number of likely N-dealkylation sites (N-methyl/N-ethyl adjacent to an activating group) is 1. The highest BCUT2D eigenvalue weighted by Gasteiger charge is 2.05. The minimum atomic E-state index is -0.134. The van der Waals surface area contributed by atoms with E-state index in [9.17, 15) is 9.59 Å². The molecule has 2 N–H and O–H groups in total. The molecule has 0 aromatic carbocycles. The summed E-state index contributed by atoms with van der Waals surface area (Å²) in [5.41, 5.74) is 0.600. The Bertz CT molecular complexity index is 377. The van der Waals surface area contributed by atoms with E-state index >= 15 is 0 Å². The van der Waals surface area contributed by atoms with Gasteiger partial charge in [0.2, 0.25) is 11.8 Å². The minimum absolute atomic E-state index is 0.0769. The average molecular weight is 242 g/mol. The van der Waals surface area contributed by atoms with Gasteiger partial charge in [0.25, 0.3) is 0 Å². The van der Waals surface area contributed by atoms with Gasteiger partial charge in [-0.2, -0.15) is 16.9 Å². The standard InChI is InChI=1S/C9H14N4O2S/c1-10-8(14)5-13-4-7(3-11-13)12-9(15)6-16-2/h3-4H,5-6H2,1-2H3,(H,10,14)(H,12,15). The quantitative estimate of drug-likeness (QED) is 0.758. The molecule has 1 aromatic rings. The van der Waals surface area contributed by atoms with Crippen LogP contribution in [-0.4, -0.2) is 40.7 Å². The van der Waals surface area contributed by atoms with E-state index in [-0.39, 0.29) is 18.4 Å². The van der Waals surface area contributed by atoms with Crippen LogP contribution in [0.2, 0.25) is 0 Å². The van der Waals surface area contributed by atoms with Gasteiger partial charge < -0.3 is 10.6 Å². The summed E-state index contributed by atoms with van der Waals surface area (Å²) in [4.78, 5) is 22.3. The summed E-state index contributed by atoms with van der Waals surface area (Å²) in [6.07, 6.45) is 4.99. The zero-order chi connectivity index (χ0) is 12.0. The topological polar surface area (TPSA) is 76.0 Å². The van der Waals surface area contributed by atoms with E-state index in [1.807, 2.05) is 6.26 Å². The Labute approximate surface area is 97.8 Å². The SMILES string of the molecule is CNC(=O)Cn1cc(NC(=O)CSC)cn1. The molecule has 2 amide bonds. The predicted molar refractivity (Wildman–Crippen MR) is 63.3 cm³/mol. The zero-order valence-electron chi connectivity index (χ0n) is 9.19. The van der Waals surface area contributed by atoms with Crippen LogP contribution in [0.3, 0.4) is 0 Å². The number of rotatable bonds is 5. The molecule has 0 bridgehead atoms. The van der Waals surface area contributed by atoms with Crippen molar-refractivity contribution in [3.05, 3.63) is 12.4 Å². The van der Waals surface area contributed by atoms with Crippen molar-refractivity contribution in [1.82, 2.24) is 15.1 Å². The number of amides is 2. The van der Waals surface area contributed by atoms with Gasteiger partial charge in [-0.05, 0) is 6.26 Å². The smallest absolute Gasteiger partial charge is 0.241 e. The van der Waals surface area contributed by atoms with Crippen molar-refractivity contribution in [1.29, 1.82) is 0 Å².